The van der Waals surface area contributed by atoms with Gasteiger partial charge in [-0.05, 0) is 25.1 Å². The average molecular weight is 343 g/mol. The molecule has 1 saturated heterocycles. The van der Waals surface area contributed by atoms with E-state index in [2.05, 4.69) is 15.6 Å². The molecule has 0 aliphatic carbocycles. The van der Waals surface area contributed by atoms with Crippen LogP contribution in [0.5, 0.6) is 0 Å². The van der Waals surface area contributed by atoms with Crippen LogP contribution < -0.4 is 5.32 Å². The number of rotatable bonds is 5. The van der Waals surface area contributed by atoms with Gasteiger partial charge in [-0.25, -0.2) is 9.48 Å². The van der Waals surface area contributed by atoms with Gasteiger partial charge in [0.1, 0.15) is 0 Å². The molecule has 130 valence electrons. The molecule has 2 heterocycles. The Hall–Kier alpha value is -3.23. The Morgan fingerprint density at radius 2 is 2.20 bits per heavy atom. The molecule has 3 rings (SSSR count). The highest BCUT2D eigenvalue weighted by Gasteiger charge is 2.33. The first-order valence-electron chi connectivity index (χ1n) is 7.82. The lowest BCUT2D eigenvalue weighted by Crippen LogP contribution is -2.28. The first-order valence-corrected chi connectivity index (χ1v) is 7.82. The van der Waals surface area contributed by atoms with Crippen molar-refractivity contribution in [2.45, 2.75) is 13.3 Å². The molecular formula is C16H17N5O4. The fraction of sp³-hybridized carbons (Fsp3) is 0.312. The van der Waals surface area contributed by atoms with Crippen molar-refractivity contribution in [1.29, 1.82) is 0 Å². The fourth-order valence-electron chi connectivity index (χ4n) is 2.71. The summed E-state index contributed by atoms with van der Waals surface area (Å²) in [6.07, 6.45) is 1.50. The van der Waals surface area contributed by atoms with Gasteiger partial charge in [-0.1, -0.05) is 11.3 Å². The second-order valence-corrected chi connectivity index (χ2v) is 5.73. The quantitative estimate of drug-likeness (QED) is 0.828. The third-order valence-electron chi connectivity index (χ3n) is 4.06. The van der Waals surface area contributed by atoms with E-state index in [1.54, 1.807) is 29.2 Å². The number of carbonyl (C=O) groups excluding carboxylic acids is 2. The van der Waals surface area contributed by atoms with Gasteiger partial charge in [-0.3, -0.25) is 9.59 Å². The maximum absolute atomic E-state index is 12.4. The van der Waals surface area contributed by atoms with Crippen molar-refractivity contribution >= 4 is 23.5 Å². The number of carboxylic acids is 1. The molecule has 2 N–H and O–H groups in total. The molecule has 0 radical (unpaired) electrons. The highest BCUT2D eigenvalue weighted by molar-refractivity contribution is 5.97. The monoisotopic (exact) mass is 343 g/mol. The van der Waals surface area contributed by atoms with E-state index >= 15 is 0 Å². The van der Waals surface area contributed by atoms with Crippen molar-refractivity contribution < 1.29 is 19.5 Å². The van der Waals surface area contributed by atoms with Gasteiger partial charge in [0.25, 0.3) is 0 Å². The van der Waals surface area contributed by atoms with E-state index in [-0.39, 0.29) is 29.8 Å². The van der Waals surface area contributed by atoms with E-state index in [9.17, 15) is 14.4 Å². The molecule has 1 aromatic heterocycles. The van der Waals surface area contributed by atoms with E-state index in [0.717, 1.165) is 0 Å². The number of benzene rings is 1. The number of anilines is 1. The molecule has 1 atom stereocenters. The van der Waals surface area contributed by atoms with Gasteiger partial charge in [-0.15, -0.1) is 5.10 Å². The lowest BCUT2D eigenvalue weighted by Gasteiger charge is -2.14. The summed E-state index contributed by atoms with van der Waals surface area (Å²) in [5.41, 5.74) is 0.936. The van der Waals surface area contributed by atoms with Crippen LogP contribution in [0.25, 0.3) is 5.69 Å². The lowest BCUT2D eigenvalue weighted by molar-refractivity contribution is -0.128. The molecule has 1 fully saturated rings. The minimum Gasteiger partial charge on any atom is -0.476 e. The van der Waals surface area contributed by atoms with E-state index in [1.807, 2.05) is 6.92 Å². The summed E-state index contributed by atoms with van der Waals surface area (Å²) in [6.45, 7) is 2.90. The van der Waals surface area contributed by atoms with E-state index in [0.29, 0.717) is 24.5 Å². The van der Waals surface area contributed by atoms with Gasteiger partial charge in [0.15, 0.2) is 5.69 Å². The van der Waals surface area contributed by atoms with Crippen molar-refractivity contribution in [2.75, 3.05) is 18.4 Å². The third kappa shape index (κ3) is 3.49. The smallest absolute Gasteiger partial charge is 0.358 e. The number of amides is 2. The number of nitrogens with zero attached hydrogens (tertiary/aromatic N) is 4. The Bertz CT molecular complexity index is 831. The van der Waals surface area contributed by atoms with Crippen LogP contribution >= 0.6 is 0 Å². The topological polar surface area (TPSA) is 117 Å². The predicted molar refractivity (Wildman–Crippen MR) is 87.3 cm³/mol. The maximum atomic E-state index is 12.4. The van der Waals surface area contributed by atoms with Crippen molar-refractivity contribution in [3.05, 3.63) is 36.2 Å². The van der Waals surface area contributed by atoms with Gasteiger partial charge < -0.3 is 15.3 Å². The van der Waals surface area contributed by atoms with Crippen molar-refractivity contribution in [3.63, 3.8) is 0 Å². The van der Waals surface area contributed by atoms with Gasteiger partial charge in [0.05, 0.1) is 17.8 Å². The fourth-order valence-corrected chi connectivity index (χ4v) is 2.71. The van der Waals surface area contributed by atoms with Crippen molar-refractivity contribution in [1.82, 2.24) is 19.9 Å². The van der Waals surface area contributed by atoms with Gasteiger partial charge in [0.2, 0.25) is 11.8 Å². The Balaban J connectivity index is 1.72. The molecule has 1 aliphatic rings. The zero-order valence-electron chi connectivity index (χ0n) is 13.5. The molecule has 0 saturated carbocycles. The summed E-state index contributed by atoms with van der Waals surface area (Å²) < 4.78 is 1.32. The number of hydrogen-bond donors (Lipinski definition) is 2. The average Bonchev–Trinajstić information content (AvgIpc) is 3.22. The predicted octanol–water partition coefficient (Wildman–Crippen LogP) is 0.772. The third-order valence-corrected chi connectivity index (χ3v) is 4.06. The molecular weight excluding hydrogens is 326 g/mol. The summed E-state index contributed by atoms with van der Waals surface area (Å²) in [5, 5.41) is 19.0. The molecule has 9 nitrogen and oxygen atoms in total. The normalized spacial score (nSPS) is 16.9. The molecule has 2 aromatic rings. The number of aromatic nitrogens is 3. The van der Waals surface area contributed by atoms with Crippen LogP contribution in [0, 0.1) is 5.92 Å². The molecule has 2 amide bonds. The molecule has 1 unspecified atom stereocenters. The largest absolute Gasteiger partial charge is 0.476 e. The van der Waals surface area contributed by atoms with Crippen LogP contribution in [0.3, 0.4) is 0 Å². The standard InChI is InChI=1S/C16H17N5O4/c1-2-20-8-10(6-14(20)22)15(23)17-11-4-3-5-12(7-11)21-9-13(16(24)25)18-19-21/h3-5,7,9-10H,2,6,8H2,1H3,(H,17,23)(H,24,25). The summed E-state index contributed by atoms with van der Waals surface area (Å²) in [5.74, 6) is -1.77. The van der Waals surface area contributed by atoms with Crippen LogP contribution in [-0.2, 0) is 9.59 Å². The van der Waals surface area contributed by atoms with Gasteiger partial charge >= 0.3 is 5.97 Å². The highest BCUT2D eigenvalue weighted by atomic mass is 16.4. The van der Waals surface area contributed by atoms with Crippen LogP contribution in [0.2, 0.25) is 0 Å². The zero-order valence-corrected chi connectivity index (χ0v) is 13.5. The minimum absolute atomic E-state index is 0.0137. The molecule has 0 spiro atoms. The Kier molecular flexibility index (Phi) is 4.46. The first kappa shape index (κ1) is 16.6. The molecule has 1 aliphatic heterocycles. The second-order valence-electron chi connectivity index (χ2n) is 5.73. The summed E-state index contributed by atoms with van der Waals surface area (Å²) >= 11 is 0. The summed E-state index contributed by atoms with van der Waals surface area (Å²) in [4.78, 5) is 36.6. The van der Waals surface area contributed by atoms with Crippen molar-refractivity contribution in [2.24, 2.45) is 5.92 Å². The van der Waals surface area contributed by atoms with Crippen molar-refractivity contribution in [3.8, 4) is 5.69 Å². The molecule has 9 heteroatoms. The zero-order chi connectivity index (χ0) is 18.0. The number of nitrogens with one attached hydrogen (secondary N) is 1. The van der Waals surface area contributed by atoms with E-state index in [4.69, 9.17) is 5.11 Å². The van der Waals surface area contributed by atoms with Gasteiger partial charge in [0, 0.05) is 25.2 Å². The van der Waals surface area contributed by atoms with Crippen LogP contribution in [0.15, 0.2) is 30.5 Å². The van der Waals surface area contributed by atoms with Gasteiger partial charge in [-0.2, -0.15) is 0 Å². The second kappa shape index (κ2) is 6.71. The molecule has 0 bridgehead atoms. The number of likely N-dealkylation sites (tertiary alicyclic amines) is 1. The van der Waals surface area contributed by atoms with E-state index < -0.39 is 5.97 Å². The summed E-state index contributed by atoms with van der Waals surface area (Å²) in [6, 6.07) is 6.80. The van der Waals surface area contributed by atoms with E-state index in [1.165, 1.54) is 10.9 Å². The Morgan fingerprint density at radius 1 is 1.40 bits per heavy atom. The number of hydrogen-bond acceptors (Lipinski definition) is 5. The summed E-state index contributed by atoms with van der Waals surface area (Å²) in [7, 11) is 0. The molecule has 1 aromatic carbocycles. The highest BCUT2D eigenvalue weighted by Crippen LogP contribution is 2.20. The maximum Gasteiger partial charge on any atom is 0.358 e. The number of carbonyl (C=O) groups is 3. The number of carboxylic acid groups (broad SMARTS) is 1. The number of aromatic carboxylic acids is 1. The Labute approximate surface area is 143 Å². The molecule has 25 heavy (non-hydrogen) atoms. The minimum atomic E-state index is -1.16. The Morgan fingerprint density at radius 3 is 2.84 bits per heavy atom. The first-order chi connectivity index (χ1) is 12.0. The van der Waals surface area contributed by atoms with Crippen LogP contribution in [0.4, 0.5) is 5.69 Å². The van der Waals surface area contributed by atoms with Crippen LogP contribution in [0.1, 0.15) is 23.8 Å². The van der Waals surface area contributed by atoms with Crippen LogP contribution in [-0.4, -0.2) is 55.9 Å². The lowest BCUT2D eigenvalue weighted by atomic mass is 10.1. The SMILES string of the molecule is CCN1CC(C(=O)Nc2cccc(-n3cc(C(=O)O)nn3)c2)CC1=O.